The fraction of sp³-hybridized carbons (Fsp3) is 0.200. The highest BCUT2D eigenvalue weighted by Gasteiger charge is 2.13. The summed E-state index contributed by atoms with van der Waals surface area (Å²) in [7, 11) is 0. The van der Waals surface area contributed by atoms with Crippen molar-refractivity contribution < 1.29 is 4.92 Å². The molecule has 0 aliphatic rings. The first-order valence-corrected chi connectivity index (χ1v) is 7.81. The van der Waals surface area contributed by atoms with Crippen molar-refractivity contribution in [3.8, 4) is 0 Å². The molecule has 5 heteroatoms. The van der Waals surface area contributed by atoms with E-state index in [1.807, 2.05) is 6.07 Å². The summed E-state index contributed by atoms with van der Waals surface area (Å²) in [5.41, 5.74) is 3.57. The molecule has 0 fully saturated rings. The summed E-state index contributed by atoms with van der Waals surface area (Å²) in [6.07, 6.45) is 0.778. The zero-order chi connectivity index (χ0) is 14.7. The SMILES string of the molecule is Cc1ccc(Br)c(C(Br)Cc2ccc([N+](=O)[O-])cc2)c1. The van der Waals surface area contributed by atoms with Crippen LogP contribution in [0.3, 0.4) is 0 Å². The molecule has 0 spiro atoms. The Balaban J connectivity index is 2.16. The van der Waals surface area contributed by atoms with Gasteiger partial charge in [0.05, 0.1) is 4.92 Å². The maximum absolute atomic E-state index is 10.6. The molecule has 0 radical (unpaired) electrons. The second-order valence-corrected chi connectivity index (χ2v) is 6.58. The first-order valence-electron chi connectivity index (χ1n) is 6.11. The van der Waals surface area contributed by atoms with E-state index in [1.54, 1.807) is 24.3 Å². The predicted molar refractivity (Wildman–Crippen MR) is 87.3 cm³/mol. The largest absolute Gasteiger partial charge is 0.269 e. The van der Waals surface area contributed by atoms with E-state index in [0.717, 1.165) is 16.5 Å². The van der Waals surface area contributed by atoms with Gasteiger partial charge in [-0.25, -0.2) is 0 Å². The molecule has 20 heavy (non-hydrogen) atoms. The van der Waals surface area contributed by atoms with Gasteiger partial charge in [-0.1, -0.05) is 61.7 Å². The molecular weight excluding hydrogens is 386 g/mol. The van der Waals surface area contributed by atoms with Crippen LogP contribution in [0.25, 0.3) is 0 Å². The maximum Gasteiger partial charge on any atom is 0.269 e. The second-order valence-electron chi connectivity index (χ2n) is 4.62. The van der Waals surface area contributed by atoms with Crippen molar-refractivity contribution in [3.05, 3.63) is 73.7 Å². The fourth-order valence-corrected chi connectivity index (χ4v) is 3.56. The third-order valence-electron chi connectivity index (χ3n) is 3.05. The molecule has 0 heterocycles. The molecule has 0 N–H and O–H groups in total. The van der Waals surface area contributed by atoms with Crippen molar-refractivity contribution in [2.45, 2.75) is 18.2 Å². The molecule has 0 aromatic heterocycles. The lowest BCUT2D eigenvalue weighted by Crippen LogP contribution is -1.97. The molecule has 2 aromatic carbocycles. The molecule has 0 bridgehead atoms. The highest BCUT2D eigenvalue weighted by molar-refractivity contribution is 9.11. The minimum Gasteiger partial charge on any atom is -0.258 e. The van der Waals surface area contributed by atoms with Gasteiger partial charge < -0.3 is 0 Å². The first-order chi connectivity index (χ1) is 9.47. The van der Waals surface area contributed by atoms with Crippen molar-refractivity contribution in [1.82, 2.24) is 0 Å². The smallest absolute Gasteiger partial charge is 0.258 e. The van der Waals surface area contributed by atoms with Crippen LogP contribution in [0.2, 0.25) is 0 Å². The van der Waals surface area contributed by atoms with Gasteiger partial charge in [0.25, 0.3) is 5.69 Å². The molecular formula is C15H13Br2NO2. The first kappa shape index (κ1) is 15.2. The lowest BCUT2D eigenvalue weighted by molar-refractivity contribution is -0.384. The number of nitro benzene ring substituents is 1. The highest BCUT2D eigenvalue weighted by Crippen LogP contribution is 2.33. The summed E-state index contributed by atoms with van der Waals surface area (Å²) >= 11 is 7.25. The number of non-ortho nitro benzene ring substituents is 1. The summed E-state index contributed by atoms with van der Waals surface area (Å²) < 4.78 is 1.06. The number of rotatable bonds is 4. The van der Waals surface area contributed by atoms with E-state index in [4.69, 9.17) is 0 Å². The van der Waals surface area contributed by atoms with Crippen LogP contribution in [-0.2, 0) is 6.42 Å². The van der Waals surface area contributed by atoms with E-state index in [-0.39, 0.29) is 15.4 Å². The van der Waals surface area contributed by atoms with Crippen molar-refractivity contribution in [1.29, 1.82) is 0 Å². The van der Waals surface area contributed by atoms with Crippen molar-refractivity contribution in [2.24, 2.45) is 0 Å². The molecule has 0 saturated heterocycles. The number of nitrogens with zero attached hydrogens (tertiary/aromatic N) is 1. The lowest BCUT2D eigenvalue weighted by Gasteiger charge is -2.13. The van der Waals surface area contributed by atoms with Gasteiger partial charge in [-0.2, -0.15) is 0 Å². The van der Waals surface area contributed by atoms with E-state index in [2.05, 4.69) is 50.9 Å². The zero-order valence-corrected chi connectivity index (χ0v) is 14.0. The molecule has 0 aliphatic heterocycles. The summed E-state index contributed by atoms with van der Waals surface area (Å²) in [5.74, 6) is 0. The number of alkyl halides is 1. The standard InChI is InChI=1S/C15H13Br2NO2/c1-10-2-7-14(16)13(8-10)15(17)9-11-3-5-12(6-4-11)18(19)20/h2-8,15H,9H2,1H3. The van der Waals surface area contributed by atoms with E-state index in [0.29, 0.717) is 0 Å². The number of aryl methyl sites for hydroxylation is 1. The van der Waals surface area contributed by atoms with E-state index in [9.17, 15) is 10.1 Å². The van der Waals surface area contributed by atoms with Gasteiger partial charge in [-0.05, 0) is 30.5 Å². The monoisotopic (exact) mass is 397 g/mol. The predicted octanol–water partition coefficient (Wildman–Crippen LogP) is 5.34. The molecule has 1 atom stereocenters. The maximum atomic E-state index is 10.6. The zero-order valence-electron chi connectivity index (χ0n) is 10.8. The third kappa shape index (κ3) is 3.67. The summed E-state index contributed by atoms with van der Waals surface area (Å²) in [4.78, 5) is 10.4. The van der Waals surface area contributed by atoms with Crippen LogP contribution >= 0.6 is 31.9 Å². The van der Waals surface area contributed by atoms with Gasteiger partial charge in [0, 0.05) is 21.4 Å². The van der Waals surface area contributed by atoms with E-state index >= 15 is 0 Å². The Bertz CT molecular complexity index is 626. The van der Waals surface area contributed by atoms with Crippen LogP contribution in [0.5, 0.6) is 0 Å². The van der Waals surface area contributed by atoms with Crippen LogP contribution in [0, 0.1) is 17.0 Å². The Kier molecular flexibility index (Phi) is 4.94. The molecule has 0 aliphatic carbocycles. The Morgan fingerprint density at radius 2 is 1.85 bits per heavy atom. The van der Waals surface area contributed by atoms with E-state index in [1.165, 1.54) is 11.1 Å². The summed E-state index contributed by atoms with van der Waals surface area (Å²) in [6.45, 7) is 2.06. The number of halogens is 2. The van der Waals surface area contributed by atoms with Crippen LogP contribution in [0.15, 0.2) is 46.9 Å². The Hall–Kier alpha value is -1.20. The lowest BCUT2D eigenvalue weighted by atomic mass is 10.0. The molecule has 0 saturated carbocycles. The average Bonchev–Trinajstić information content (AvgIpc) is 2.42. The molecule has 2 rings (SSSR count). The fourth-order valence-electron chi connectivity index (χ4n) is 1.97. The number of benzene rings is 2. The van der Waals surface area contributed by atoms with E-state index < -0.39 is 0 Å². The van der Waals surface area contributed by atoms with Crippen LogP contribution in [-0.4, -0.2) is 4.92 Å². The molecule has 104 valence electrons. The Labute approximate surface area is 134 Å². The average molecular weight is 399 g/mol. The highest BCUT2D eigenvalue weighted by atomic mass is 79.9. The second kappa shape index (κ2) is 6.50. The van der Waals surface area contributed by atoms with Gasteiger partial charge in [-0.15, -0.1) is 0 Å². The molecule has 3 nitrogen and oxygen atoms in total. The summed E-state index contributed by atoms with van der Waals surface area (Å²) in [6, 6.07) is 12.9. The number of hydrogen-bond donors (Lipinski definition) is 0. The van der Waals surface area contributed by atoms with Gasteiger partial charge in [0.1, 0.15) is 0 Å². The number of hydrogen-bond acceptors (Lipinski definition) is 2. The minimum absolute atomic E-state index is 0.122. The number of nitro groups is 1. The van der Waals surface area contributed by atoms with Crippen LogP contribution in [0.4, 0.5) is 5.69 Å². The van der Waals surface area contributed by atoms with Gasteiger partial charge >= 0.3 is 0 Å². The van der Waals surface area contributed by atoms with Crippen molar-refractivity contribution in [2.75, 3.05) is 0 Å². The quantitative estimate of drug-likeness (QED) is 0.396. The van der Waals surface area contributed by atoms with Crippen molar-refractivity contribution in [3.63, 3.8) is 0 Å². The molecule has 2 aromatic rings. The summed E-state index contributed by atoms with van der Waals surface area (Å²) in [5, 5.41) is 10.6. The minimum atomic E-state index is -0.382. The van der Waals surface area contributed by atoms with Crippen LogP contribution in [0.1, 0.15) is 21.5 Å². The Morgan fingerprint density at radius 1 is 1.20 bits per heavy atom. The molecule has 1 unspecified atom stereocenters. The topological polar surface area (TPSA) is 43.1 Å². The van der Waals surface area contributed by atoms with Crippen LogP contribution < -0.4 is 0 Å². The van der Waals surface area contributed by atoms with Gasteiger partial charge in [0.2, 0.25) is 0 Å². The van der Waals surface area contributed by atoms with Crippen molar-refractivity contribution >= 4 is 37.5 Å². The Morgan fingerprint density at radius 3 is 2.45 bits per heavy atom. The molecule has 0 amide bonds. The van der Waals surface area contributed by atoms with Gasteiger partial charge in [0.15, 0.2) is 0 Å². The third-order valence-corrected chi connectivity index (χ3v) is 4.59. The normalized spacial score (nSPS) is 12.2. The van der Waals surface area contributed by atoms with Gasteiger partial charge in [-0.3, -0.25) is 10.1 Å².